The van der Waals surface area contributed by atoms with Crippen molar-refractivity contribution in [3.8, 4) is 0 Å². The van der Waals surface area contributed by atoms with Crippen molar-refractivity contribution in [1.29, 1.82) is 0 Å². The maximum atomic E-state index is 11.3. The first kappa shape index (κ1) is 12.3. The van der Waals surface area contributed by atoms with Crippen LogP contribution in [0.15, 0.2) is 18.2 Å². The smallest absolute Gasteiger partial charge is 0.159 e. The Labute approximate surface area is 102 Å². The molecular formula is C14H19NO2. The predicted molar refractivity (Wildman–Crippen MR) is 67.3 cm³/mol. The van der Waals surface area contributed by atoms with Crippen LogP contribution >= 0.6 is 0 Å². The summed E-state index contributed by atoms with van der Waals surface area (Å²) in [5, 5.41) is 0. The Hall–Kier alpha value is -1.19. The van der Waals surface area contributed by atoms with Crippen LogP contribution in [0, 0.1) is 6.92 Å². The lowest BCUT2D eigenvalue weighted by Crippen LogP contribution is -2.35. The van der Waals surface area contributed by atoms with Gasteiger partial charge in [0.2, 0.25) is 0 Å². The topological polar surface area (TPSA) is 29.5 Å². The number of hydrogen-bond donors (Lipinski definition) is 0. The minimum absolute atomic E-state index is 0.131. The molecule has 3 nitrogen and oxygen atoms in total. The molecule has 0 unspecified atom stereocenters. The Bertz CT molecular complexity index is 409. The summed E-state index contributed by atoms with van der Waals surface area (Å²) >= 11 is 0. The van der Waals surface area contributed by atoms with Crippen LogP contribution < -0.4 is 0 Å². The van der Waals surface area contributed by atoms with Gasteiger partial charge in [0, 0.05) is 25.2 Å². The van der Waals surface area contributed by atoms with Crippen LogP contribution in [-0.4, -0.2) is 37.0 Å². The van der Waals surface area contributed by atoms with Crippen molar-refractivity contribution in [2.24, 2.45) is 0 Å². The van der Waals surface area contributed by atoms with Gasteiger partial charge < -0.3 is 4.74 Å². The number of Topliss-reactive ketones (excluding diaryl/α,β-unsaturated/α-hetero) is 1. The fourth-order valence-corrected chi connectivity index (χ4v) is 2.09. The van der Waals surface area contributed by atoms with Gasteiger partial charge in [-0.15, -0.1) is 0 Å². The normalized spacial score (nSPS) is 17.1. The summed E-state index contributed by atoms with van der Waals surface area (Å²) in [6.45, 7) is 8.27. The summed E-state index contributed by atoms with van der Waals surface area (Å²) in [6.07, 6.45) is 0. The molecule has 2 rings (SSSR count). The van der Waals surface area contributed by atoms with E-state index in [1.54, 1.807) is 6.92 Å². The second-order valence-electron chi connectivity index (χ2n) is 4.59. The van der Waals surface area contributed by atoms with Crippen molar-refractivity contribution in [1.82, 2.24) is 4.90 Å². The molecule has 1 heterocycles. The van der Waals surface area contributed by atoms with Crippen LogP contribution in [0.4, 0.5) is 0 Å². The first-order chi connectivity index (χ1) is 8.16. The summed E-state index contributed by atoms with van der Waals surface area (Å²) in [6, 6.07) is 5.98. The molecule has 0 atom stereocenters. The minimum atomic E-state index is 0.131. The van der Waals surface area contributed by atoms with E-state index in [0.717, 1.165) is 38.4 Å². The fraction of sp³-hybridized carbons (Fsp3) is 0.500. The number of morpholine rings is 1. The molecule has 92 valence electrons. The lowest BCUT2D eigenvalue weighted by atomic mass is 10.0. The van der Waals surface area contributed by atoms with E-state index in [1.807, 2.05) is 12.1 Å². The number of ether oxygens (including phenoxy) is 1. The summed E-state index contributed by atoms with van der Waals surface area (Å²) in [5.41, 5.74) is 3.30. The quantitative estimate of drug-likeness (QED) is 0.748. The number of hydrogen-bond acceptors (Lipinski definition) is 3. The molecule has 0 aliphatic carbocycles. The predicted octanol–water partition coefficient (Wildman–Crippen LogP) is 2.03. The van der Waals surface area contributed by atoms with Gasteiger partial charge in [-0.25, -0.2) is 0 Å². The summed E-state index contributed by atoms with van der Waals surface area (Å²) in [4.78, 5) is 13.7. The van der Waals surface area contributed by atoms with E-state index in [4.69, 9.17) is 4.74 Å². The van der Waals surface area contributed by atoms with E-state index >= 15 is 0 Å². The highest BCUT2D eigenvalue weighted by Crippen LogP contribution is 2.14. The van der Waals surface area contributed by atoms with Crippen molar-refractivity contribution in [2.45, 2.75) is 20.4 Å². The van der Waals surface area contributed by atoms with Crippen molar-refractivity contribution in [2.75, 3.05) is 26.3 Å². The lowest BCUT2D eigenvalue weighted by molar-refractivity contribution is 0.0341. The molecule has 0 amide bonds. The summed E-state index contributed by atoms with van der Waals surface area (Å²) in [5.74, 6) is 0.131. The number of rotatable bonds is 3. The standard InChI is InChI=1S/C14H19NO2/c1-11-9-13(12(2)16)3-4-14(11)10-15-5-7-17-8-6-15/h3-4,9H,5-8,10H2,1-2H3. The molecule has 1 aliphatic rings. The highest BCUT2D eigenvalue weighted by atomic mass is 16.5. The highest BCUT2D eigenvalue weighted by molar-refractivity contribution is 5.94. The largest absolute Gasteiger partial charge is 0.379 e. The van der Waals surface area contributed by atoms with Crippen LogP contribution in [0.25, 0.3) is 0 Å². The van der Waals surface area contributed by atoms with Crippen LogP contribution in [0.2, 0.25) is 0 Å². The van der Waals surface area contributed by atoms with Gasteiger partial charge in [-0.05, 0) is 31.0 Å². The third-order valence-corrected chi connectivity index (χ3v) is 3.25. The Morgan fingerprint density at radius 1 is 1.35 bits per heavy atom. The average molecular weight is 233 g/mol. The Kier molecular flexibility index (Phi) is 3.92. The number of ketones is 1. The molecule has 1 aromatic carbocycles. The Morgan fingerprint density at radius 3 is 2.65 bits per heavy atom. The van der Waals surface area contributed by atoms with Gasteiger partial charge in [0.1, 0.15) is 0 Å². The number of aryl methyl sites for hydroxylation is 1. The molecule has 0 bridgehead atoms. The number of carbonyl (C=O) groups is 1. The Balaban J connectivity index is 2.08. The van der Waals surface area contributed by atoms with Gasteiger partial charge in [0.15, 0.2) is 5.78 Å². The Morgan fingerprint density at radius 2 is 2.06 bits per heavy atom. The maximum Gasteiger partial charge on any atom is 0.159 e. The van der Waals surface area contributed by atoms with E-state index in [-0.39, 0.29) is 5.78 Å². The summed E-state index contributed by atoms with van der Waals surface area (Å²) < 4.78 is 5.33. The average Bonchev–Trinajstić information content (AvgIpc) is 2.33. The van der Waals surface area contributed by atoms with Gasteiger partial charge in [-0.2, -0.15) is 0 Å². The molecule has 1 saturated heterocycles. The zero-order chi connectivity index (χ0) is 12.3. The zero-order valence-electron chi connectivity index (χ0n) is 10.5. The number of nitrogens with zero attached hydrogens (tertiary/aromatic N) is 1. The van der Waals surface area contributed by atoms with E-state index in [0.29, 0.717) is 0 Å². The van der Waals surface area contributed by atoms with Crippen molar-refractivity contribution in [3.63, 3.8) is 0 Å². The van der Waals surface area contributed by atoms with Crippen molar-refractivity contribution >= 4 is 5.78 Å². The number of carbonyl (C=O) groups excluding carboxylic acids is 1. The minimum Gasteiger partial charge on any atom is -0.379 e. The van der Waals surface area contributed by atoms with E-state index in [9.17, 15) is 4.79 Å². The SMILES string of the molecule is CC(=O)c1ccc(CN2CCOCC2)c(C)c1. The van der Waals surface area contributed by atoms with Crippen molar-refractivity contribution in [3.05, 3.63) is 34.9 Å². The highest BCUT2D eigenvalue weighted by Gasteiger charge is 2.12. The molecule has 0 saturated carbocycles. The molecule has 1 aromatic rings. The molecule has 1 aliphatic heterocycles. The van der Waals surface area contributed by atoms with Gasteiger partial charge >= 0.3 is 0 Å². The molecule has 17 heavy (non-hydrogen) atoms. The van der Waals surface area contributed by atoms with Crippen molar-refractivity contribution < 1.29 is 9.53 Å². The van der Waals surface area contributed by atoms with Crippen LogP contribution in [0.5, 0.6) is 0 Å². The monoisotopic (exact) mass is 233 g/mol. The van der Waals surface area contributed by atoms with E-state index in [2.05, 4.69) is 17.9 Å². The second-order valence-corrected chi connectivity index (χ2v) is 4.59. The van der Waals surface area contributed by atoms with Crippen LogP contribution in [0.3, 0.4) is 0 Å². The maximum absolute atomic E-state index is 11.3. The fourth-order valence-electron chi connectivity index (χ4n) is 2.09. The third kappa shape index (κ3) is 3.14. The second kappa shape index (κ2) is 5.43. The molecule has 0 aromatic heterocycles. The van der Waals surface area contributed by atoms with E-state index < -0.39 is 0 Å². The first-order valence-electron chi connectivity index (χ1n) is 6.07. The summed E-state index contributed by atoms with van der Waals surface area (Å²) in [7, 11) is 0. The molecule has 0 radical (unpaired) electrons. The van der Waals surface area contributed by atoms with Gasteiger partial charge in [-0.3, -0.25) is 9.69 Å². The molecule has 0 N–H and O–H groups in total. The van der Waals surface area contributed by atoms with Crippen LogP contribution in [-0.2, 0) is 11.3 Å². The van der Waals surface area contributed by atoms with Gasteiger partial charge in [0.05, 0.1) is 13.2 Å². The van der Waals surface area contributed by atoms with Gasteiger partial charge in [-0.1, -0.05) is 12.1 Å². The van der Waals surface area contributed by atoms with Gasteiger partial charge in [0.25, 0.3) is 0 Å². The first-order valence-corrected chi connectivity index (χ1v) is 6.07. The van der Waals surface area contributed by atoms with Crippen LogP contribution in [0.1, 0.15) is 28.4 Å². The lowest BCUT2D eigenvalue weighted by Gasteiger charge is -2.27. The molecule has 3 heteroatoms. The number of benzene rings is 1. The third-order valence-electron chi connectivity index (χ3n) is 3.25. The molecule has 0 spiro atoms. The van der Waals surface area contributed by atoms with E-state index in [1.165, 1.54) is 11.1 Å². The molecule has 1 fully saturated rings. The zero-order valence-corrected chi connectivity index (χ0v) is 10.5. The molecular weight excluding hydrogens is 214 g/mol.